The average molecular weight is 399 g/mol. The third-order valence-corrected chi connectivity index (χ3v) is 6.43. The van der Waals surface area contributed by atoms with Crippen LogP contribution >= 0.6 is 0 Å². The lowest BCUT2D eigenvalue weighted by atomic mass is 9.92. The number of fused-ring (bicyclic) bond motifs is 1. The highest BCUT2D eigenvalue weighted by atomic mass is 15.2. The van der Waals surface area contributed by atoms with Crippen LogP contribution in [-0.2, 0) is 13.1 Å². The first-order valence-electron chi connectivity index (χ1n) is 11.1. The van der Waals surface area contributed by atoms with Crippen LogP contribution in [0.4, 0.5) is 0 Å². The number of aromatic nitrogens is 1. The van der Waals surface area contributed by atoms with Crippen LogP contribution in [0.25, 0.3) is 10.9 Å². The Labute approximate surface area is 180 Å². The smallest absolute Gasteiger partial charge is 0.0991 e. The van der Waals surface area contributed by atoms with Crippen molar-refractivity contribution in [3.05, 3.63) is 76.3 Å². The second-order valence-electron chi connectivity index (χ2n) is 9.12. The maximum absolute atomic E-state index is 9.34. The minimum absolute atomic E-state index is 0.385. The van der Waals surface area contributed by atoms with E-state index in [0.717, 1.165) is 31.6 Å². The highest BCUT2D eigenvalue weighted by Gasteiger charge is 2.26. The normalized spacial score (nSPS) is 17.5. The van der Waals surface area contributed by atoms with E-state index < -0.39 is 0 Å². The summed E-state index contributed by atoms with van der Waals surface area (Å²) in [5, 5.41) is 10.7. The summed E-state index contributed by atoms with van der Waals surface area (Å²) in [7, 11) is 0. The number of nitriles is 1. The molecule has 1 saturated heterocycles. The van der Waals surface area contributed by atoms with Gasteiger partial charge in [-0.05, 0) is 79.6 Å². The molecular formula is C27H32N3. The molecule has 155 valence electrons. The Balaban J connectivity index is 1.71. The molecule has 0 spiro atoms. The predicted molar refractivity (Wildman–Crippen MR) is 124 cm³/mol. The fraction of sp³-hybridized carbons (Fsp3) is 0.407. The summed E-state index contributed by atoms with van der Waals surface area (Å²) in [6.07, 6.45) is 5.90. The minimum atomic E-state index is 0.385. The number of benzene rings is 2. The van der Waals surface area contributed by atoms with Gasteiger partial charge in [-0.2, -0.15) is 5.26 Å². The molecule has 1 aliphatic rings. The molecule has 1 unspecified atom stereocenters. The van der Waals surface area contributed by atoms with Gasteiger partial charge in [0.25, 0.3) is 0 Å². The van der Waals surface area contributed by atoms with Gasteiger partial charge in [0, 0.05) is 30.7 Å². The van der Waals surface area contributed by atoms with E-state index in [1.54, 1.807) is 0 Å². The van der Waals surface area contributed by atoms with Gasteiger partial charge >= 0.3 is 0 Å². The van der Waals surface area contributed by atoms with Crippen LogP contribution in [0.5, 0.6) is 0 Å². The highest BCUT2D eigenvalue weighted by molar-refractivity contribution is 5.87. The number of aryl methyl sites for hydroxylation is 2. The third kappa shape index (κ3) is 4.02. The summed E-state index contributed by atoms with van der Waals surface area (Å²) in [4.78, 5) is 2.63. The summed E-state index contributed by atoms with van der Waals surface area (Å²) in [5.74, 6) is 1.42. The Morgan fingerprint density at radius 1 is 1.10 bits per heavy atom. The van der Waals surface area contributed by atoms with Gasteiger partial charge in [0.2, 0.25) is 0 Å². The van der Waals surface area contributed by atoms with Gasteiger partial charge in [-0.1, -0.05) is 38.5 Å². The molecule has 2 heterocycles. The lowest BCUT2D eigenvalue weighted by Crippen LogP contribution is -2.33. The summed E-state index contributed by atoms with van der Waals surface area (Å²) < 4.78 is 2.40. The van der Waals surface area contributed by atoms with Crippen molar-refractivity contribution < 1.29 is 0 Å². The first kappa shape index (κ1) is 20.7. The van der Waals surface area contributed by atoms with E-state index in [9.17, 15) is 5.26 Å². The Bertz CT molecular complexity index is 1080. The van der Waals surface area contributed by atoms with Crippen LogP contribution in [-0.4, -0.2) is 16.0 Å². The summed E-state index contributed by atoms with van der Waals surface area (Å²) in [6, 6.07) is 15.6. The van der Waals surface area contributed by atoms with Crippen molar-refractivity contribution in [2.24, 2.45) is 0 Å². The van der Waals surface area contributed by atoms with E-state index in [1.807, 2.05) is 12.1 Å². The van der Waals surface area contributed by atoms with Crippen molar-refractivity contribution in [3.8, 4) is 6.07 Å². The Morgan fingerprint density at radius 2 is 1.93 bits per heavy atom. The SMILES string of the molecule is C[C](C)Cn1ccc2c(CN3CCCCC3c3cccc(C#N)c3)c(C)cc(C)c21. The predicted octanol–water partition coefficient (Wildman–Crippen LogP) is 6.47. The fourth-order valence-corrected chi connectivity index (χ4v) is 5.11. The Kier molecular flexibility index (Phi) is 5.97. The molecule has 1 fully saturated rings. The van der Waals surface area contributed by atoms with E-state index in [1.165, 1.54) is 51.9 Å². The maximum Gasteiger partial charge on any atom is 0.0991 e. The molecule has 30 heavy (non-hydrogen) atoms. The molecule has 3 nitrogen and oxygen atoms in total. The molecule has 0 amide bonds. The first-order valence-corrected chi connectivity index (χ1v) is 11.1. The molecule has 3 heteroatoms. The zero-order chi connectivity index (χ0) is 21.3. The van der Waals surface area contributed by atoms with Crippen molar-refractivity contribution in [1.29, 1.82) is 5.26 Å². The molecule has 4 rings (SSSR count). The van der Waals surface area contributed by atoms with E-state index in [-0.39, 0.29) is 0 Å². The first-order chi connectivity index (χ1) is 14.5. The standard InChI is InChI=1S/C27H32N3/c1-19(2)17-30-13-11-24-25(20(3)14-21(4)27(24)30)18-29-12-6-5-10-26(29)23-9-7-8-22(15-23)16-28/h7-9,11,13-15,26H,5-6,10,12,17-18H2,1-4H3. The lowest BCUT2D eigenvalue weighted by molar-refractivity contribution is 0.141. The maximum atomic E-state index is 9.34. The number of likely N-dealkylation sites (tertiary alicyclic amines) is 1. The molecule has 3 aromatic rings. The molecule has 0 N–H and O–H groups in total. The summed E-state index contributed by atoms with van der Waals surface area (Å²) in [6.45, 7) is 11.9. The molecular weight excluding hydrogens is 366 g/mol. The van der Waals surface area contributed by atoms with E-state index in [2.05, 4.69) is 73.7 Å². The van der Waals surface area contributed by atoms with Crippen LogP contribution in [0.15, 0.2) is 42.6 Å². The average Bonchev–Trinajstić information content (AvgIpc) is 3.14. The minimum Gasteiger partial charge on any atom is -0.347 e. The van der Waals surface area contributed by atoms with Crippen LogP contribution in [0.1, 0.15) is 67.0 Å². The molecule has 0 aliphatic carbocycles. The molecule has 1 atom stereocenters. The number of piperidine rings is 1. The van der Waals surface area contributed by atoms with Crippen LogP contribution in [0, 0.1) is 31.1 Å². The molecule has 1 radical (unpaired) electrons. The Hall–Kier alpha value is -2.57. The van der Waals surface area contributed by atoms with Crippen LogP contribution in [0.3, 0.4) is 0 Å². The molecule has 0 bridgehead atoms. The molecule has 1 aliphatic heterocycles. The van der Waals surface area contributed by atoms with Gasteiger partial charge in [-0.25, -0.2) is 0 Å². The van der Waals surface area contributed by atoms with Crippen molar-refractivity contribution in [2.45, 2.75) is 66.1 Å². The Morgan fingerprint density at radius 3 is 2.70 bits per heavy atom. The van der Waals surface area contributed by atoms with Gasteiger partial charge in [-0.3, -0.25) is 4.90 Å². The van der Waals surface area contributed by atoms with Crippen LogP contribution in [0.2, 0.25) is 0 Å². The molecule has 1 aromatic heterocycles. The lowest BCUT2D eigenvalue weighted by Gasteiger charge is -2.36. The number of hydrogen-bond acceptors (Lipinski definition) is 2. The number of nitrogens with zero attached hydrogens (tertiary/aromatic N) is 3. The number of hydrogen-bond donors (Lipinski definition) is 0. The second kappa shape index (κ2) is 8.66. The molecule has 0 saturated carbocycles. The van der Waals surface area contributed by atoms with E-state index in [0.29, 0.717) is 6.04 Å². The highest BCUT2D eigenvalue weighted by Crippen LogP contribution is 2.35. The van der Waals surface area contributed by atoms with Crippen molar-refractivity contribution in [2.75, 3.05) is 6.54 Å². The van der Waals surface area contributed by atoms with Crippen molar-refractivity contribution >= 4 is 10.9 Å². The topological polar surface area (TPSA) is 32.0 Å². The van der Waals surface area contributed by atoms with E-state index in [4.69, 9.17) is 0 Å². The third-order valence-electron chi connectivity index (χ3n) is 6.43. The molecule has 2 aromatic carbocycles. The van der Waals surface area contributed by atoms with Gasteiger partial charge < -0.3 is 4.57 Å². The second-order valence-corrected chi connectivity index (χ2v) is 9.12. The number of rotatable bonds is 5. The van der Waals surface area contributed by atoms with Gasteiger partial charge in [0.1, 0.15) is 0 Å². The van der Waals surface area contributed by atoms with Gasteiger partial charge in [0.05, 0.1) is 17.1 Å². The monoisotopic (exact) mass is 398 g/mol. The van der Waals surface area contributed by atoms with Crippen molar-refractivity contribution in [3.63, 3.8) is 0 Å². The fourth-order valence-electron chi connectivity index (χ4n) is 5.11. The quantitative estimate of drug-likeness (QED) is 0.493. The van der Waals surface area contributed by atoms with E-state index >= 15 is 0 Å². The summed E-state index contributed by atoms with van der Waals surface area (Å²) in [5.41, 5.74) is 7.60. The zero-order valence-corrected chi connectivity index (χ0v) is 18.7. The van der Waals surface area contributed by atoms with Gasteiger partial charge in [-0.15, -0.1) is 0 Å². The van der Waals surface area contributed by atoms with Gasteiger partial charge in [0.15, 0.2) is 0 Å². The largest absolute Gasteiger partial charge is 0.347 e. The van der Waals surface area contributed by atoms with Crippen LogP contribution < -0.4 is 0 Å². The van der Waals surface area contributed by atoms with Crippen molar-refractivity contribution in [1.82, 2.24) is 9.47 Å². The summed E-state index contributed by atoms with van der Waals surface area (Å²) >= 11 is 0. The zero-order valence-electron chi connectivity index (χ0n) is 18.7.